The summed E-state index contributed by atoms with van der Waals surface area (Å²) in [5, 5.41) is 5.82. The molecule has 1 atom stereocenters. The van der Waals surface area contributed by atoms with E-state index >= 15 is 0 Å². The van der Waals surface area contributed by atoms with Crippen molar-refractivity contribution in [1.29, 1.82) is 0 Å². The van der Waals surface area contributed by atoms with Gasteiger partial charge in [-0.3, -0.25) is 14.5 Å². The molecule has 1 N–H and O–H groups in total. The largest absolute Gasteiger partial charge is 0.349 e. The van der Waals surface area contributed by atoms with Gasteiger partial charge < -0.3 is 5.32 Å². The van der Waals surface area contributed by atoms with Gasteiger partial charge in [-0.15, -0.1) is 11.3 Å². The second-order valence-electron chi connectivity index (χ2n) is 9.24. The summed E-state index contributed by atoms with van der Waals surface area (Å²) >= 11 is 1.44. The Labute approximate surface area is 189 Å². The number of amides is 2. The first-order chi connectivity index (χ1) is 15.0. The first-order valence-electron chi connectivity index (χ1n) is 11.6. The van der Waals surface area contributed by atoms with E-state index in [9.17, 15) is 9.59 Å². The maximum Gasteiger partial charge on any atom is 0.228 e. The van der Waals surface area contributed by atoms with Crippen LogP contribution in [-0.2, 0) is 16.0 Å². The van der Waals surface area contributed by atoms with Gasteiger partial charge in [-0.25, -0.2) is 4.98 Å². The van der Waals surface area contributed by atoms with E-state index in [4.69, 9.17) is 0 Å². The number of nitrogens with zero attached hydrogens (tertiary/aromatic N) is 2. The summed E-state index contributed by atoms with van der Waals surface area (Å²) in [6, 6.07) is 8.87. The van der Waals surface area contributed by atoms with Gasteiger partial charge in [0.25, 0.3) is 0 Å². The van der Waals surface area contributed by atoms with Gasteiger partial charge in [0.05, 0.1) is 18.2 Å². The average Bonchev–Trinajstić information content (AvgIpc) is 3.41. The molecule has 1 aromatic carbocycles. The third-order valence-electron chi connectivity index (χ3n) is 6.54. The van der Waals surface area contributed by atoms with E-state index in [0.717, 1.165) is 24.2 Å². The maximum atomic E-state index is 12.8. The minimum absolute atomic E-state index is 0.0221. The van der Waals surface area contributed by atoms with E-state index in [1.807, 2.05) is 5.38 Å². The van der Waals surface area contributed by atoms with Crippen molar-refractivity contribution in [2.24, 2.45) is 5.92 Å². The van der Waals surface area contributed by atoms with Crippen molar-refractivity contribution in [3.05, 3.63) is 46.5 Å². The highest BCUT2D eigenvalue weighted by molar-refractivity contribution is 7.14. The number of aromatic nitrogens is 1. The molecule has 2 fully saturated rings. The Morgan fingerprint density at radius 3 is 2.55 bits per heavy atom. The molecular formula is C25H33N3O2S. The Balaban J connectivity index is 1.38. The van der Waals surface area contributed by atoms with Crippen LogP contribution in [0.25, 0.3) is 0 Å². The summed E-state index contributed by atoms with van der Waals surface area (Å²) in [6.07, 6.45) is 8.33. The minimum Gasteiger partial charge on any atom is -0.349 e. The number of hydrogen-bond acceptors (Lipinski definition) is 4. The molecule has 0 spiro atoms. The Morgan fingerprint density at radius 1 is 1.16 bits per heavy atom. The zero-order chi connectivity index (χ0) is 21.8. The number of benzene rings is 1. The van der Waals surface area contributed by atoms with Crippen LogP contribution in [0.15, 0.2) is 29.6 Å². The van der Waals surface area contributed by atoms with Crippen molar-refractivity contribution in [3.8, 4) is 0 Å². The summed E-state index contributed by atoms with van der Waals surface area (Å²) in [5.74, 6) is 1.08. The lowest BCUT2D eigenvalue weighted by molar-refractivity contribution is -0.121. The maximum absolute atomic E-state index is 12.8. The fourth-order valence-corrected chi connectivity index (χ4v) is 5.65. The van der Waals surface area contributed by atoms with Gasteiger partial charge in [0, 0.05) is 18.3 Å². The fourth-order valence-electron chi connectivity index (χ4n) is 4.79. The third-order valence-corrected chi connectivity index (χ3v) is 7.45. The highest BCUT2D eigenvalue weighted by Crippen LogP contribution is 2.33. The normalized spacial score (nSPS) is 18.5. The molecule has 1 saturated carbocycles. The number of anilines is 1. The molecule has 31 heavy (non-hydrogen) atoms. The topological polar surface area (TPSA) is 62.3 Å². The van der Waals surface area contributed by atoms with E-state index in [1.165, 1.54) is 49.0 Å². The molecule has 2 aliphatic rings. The van der Waals surface area contributed by atoms with Crippen LogP contribution >= 0.6 is 11.3 Å². The molecule has 1 unspecified atom stereocenters. The summed E-state index contributed by atoms with van der Waals surface area (Å²) in [7, 11) is 0. The average molecular weight is 440 g/mol. The van der Waals surface area contributed by atoms with Crippen LogP contribution in [0.5, 0.6) is 0 Å². The van der Waals surface area contributed by atoms with E-state index < -0.39 is 0 Å². The molecular weight excluding hydrogens is 406 g/mol. The zero-order valence-electron chi connectivity index (χ0n) is 18.6. The first-order valence-corrected chi connectivity index (χ1v) is 12.5. The zero-order valence-corrected chi connectivity index (χ0v) is 19.4. The van der Waals surface area contributed by atoms with Gasteiger partial charge in [0.15, 0.2) is 5.13 Å². The van der Waals surface area contributed by atoms with E-state index in [1.54, 1.807) is 4.90 Å². The van der Waals surface area contributed by atoms with Gasteiger partial charge in [0.1, 0.15) is 0 Å². The molecule has 4 rings (SSSR count). The fraction of sp³-hybridized carbons (Fsp3) is 0.560. The SMILES string of the molecule is CC(C)C(NC(=O)Cc1csc(N2CCCC2=O)n1)c1ccc(C2CCCCC2)cc1. The van der Waals surface area contributed by atoms with Crippen molar-refractivity contribution >= 4 is 28.3 Å². The summed E-state index contributed by atoms with van der Waals surface area (Å²) in [5.41, 5.74) is 3.32. The van der Waals surface area contributed by atoms with Gasteiger partial charge in [-0.2, -0.15) is 0 Å². The third kappa shape index (κ3) is 5.35. The summed E-state index contributed by atoms with van der Waals surface area (Å²) < 4.78 is 0. The van der Waals surface area contributed by atoms with Crippen molar-refractivity contribution < 1.29 is 9.59 Å². The van der Waals surface area contributed by atoms with Crippen LogP contribution in [-0.4, -0.2) is 23.3 Å². The molecule has 2 heterocycles. The van der Waals surface area contributed by atoms with E-state index in [2.05, 4.69) is 48.4 Å². The Kier molecular flexibility index (Phi) is 7.06. The number of carbonyl (C=O) groups is 2. The quantitative estimate of drug-likeness (QED) is 0.630. The number of thiazole rings is 1. The Bertz CT molecular complexity index is 900. The second-order valence-corrected chi connectivity index (χ2v) is 10.1. The summed E-state index contributed by atoms with van der Waals surface area (Å²) in [4.78, 5) is 31.0. The van der Waals surface area contributed by atoms with Gasteiger partial charge >= 0.3 is 0 Å². The van der Waals surface area contributed by atoms with E-state index in [-0.39, 0.29) is 30.2 Å². The van der Waals surface area contributed by atoms with Crippen LogP contribution < -0.4 is 10.2 Å². The standard InChI is InChI=1S/C25H33N3O2S/c1-17(2)24(20-12-10-19(11-13-20)18-7-4-3-5-8-18)27-22(29)15-21-16-31-25(26-21)28-14-6-9-23(28)30/h10-13,16-18,24H,3-9,14-15H2,1-2H3,(H,27,29). The number of nitrogens with one attached hydrogen (secondary N) is 1. The molecule has 0 bridgehead atoms. The van der Waals surface area contributed by atoms with Crippen molar-refractivity contribution in [2.75, 3.05) is 11.4 Å². The second kappa shape index (κ2) is 9.94. The number of hydrogen-bond donors (Lipinski definition) is 1. The van der Waals surface area contributed by atoms with E-state index in [0.29, 0.717) is 17.5 Å². The molecule has 0 radical (unpaired) electrons. The highest BCUT2D eigenvalue weighted by atomic mass is 32.1. The van der Waals surface area contributed by atoms with Crippen LogP contribution in [0.3, 0.4) is 0 Å². The monoisotopic (exact) mass is 439 g/mol. The van der Waals surface area contributed by atoms with Gasteiger partial charge in [-0.05, 0) is 42.2 Å². The van der Waals surface area contributed by atoms with Crippen LogP contribution in [0, 0.1) is 5.92 Å². The predicted molar refractivity (Wildman–Crippen MR) is 125 cm³/mol. The van der Waals surface area contributed by atoms with Crippen LogP contribution in [0.2, 0.25) is 0 Å². The first kappa shape index (κ1) is 22.0. The lowest BCUT2D eigenvalue weighted by Gasteiger charge is -2.25. The number of carbonyl (C=O) groups excluding carboxylic acids is 2. The molecule has 1 aromatic heterocycles. The predicted octanol–water partition coefficient (Wildman–Crippen LogP) is 5.37. The minimum atomic E-state index is -0.0281. The highest BCUT2D eigenvalue weighted by Gasteiger charge is 2.25. The summed E-state index contributed by atoms with van der Waals surface area (Å²) in [6.45, 7) is 5.00. The molecule has 2 aromatic rings. The molecule has 5 nitrogen and oxygen atoms in total. The van der Waals surface area contributed by atoms with Crippen LogP contribution in [0.1, 0.15) is 87.6 Å². The molecule has 1 saturated heterocycles. The lowest BCUT2D eigenvalue weighted by Crippen LogP contribution is -2.33. The van der Waals surface area contributed by atoms with Crippen molar-refractivity contribution in [3.63, 3.8) is 0 Å². The molecule has 1 aliphatic carbocycles. The van der Waals surface area contributed by atoms with Crippen LogP contribution in [0.4, 0.5) is 5.13 Å². The lowest BCUT2D eigenvalue weighted by atomic mass is 9.83. The van der Waals surface area contributed by atoms with Crippen molar-refractivity contribution in [1.82, 2.24) is 10.3 Å². The molecule has 1 aliphatic heterocycles. The van der Waals surface area contributed by atoms with Gasteiger partial charge in [0.2, 0.25) is 11.8 Å². The smallest absolute Gasteiger partial charge is 0.228 e. The molecule has 2 amide bonds. The Morgan fingerprint density at radius 2 is 1.90 bits per heavy atom. The van der Waals surface area contributed by atoms with Gasteiger partial charge in [-0.1, -0.05) is 57.4 Å². The Hall–Kier alpha value is -2.21. The number of rotatable bonds is 7. The van der Waals surface area contributed by atoms with Crippen molar-refractivity contribution in [2.45, 2.75) is 77.2 Å². The molecule has 166 valence electrons. The molecule has 6 heteroatoms.